The van der Waals surface area contributed by atoms with Crippen molar-refractivity contribution in [2.24, 2.45) is 5.73 Å². The molecule has 0 radical (unpaired) electrons. The first-order chi connectivity index (χ1) is 11.4. The number of rotatable bonds is 5. The minimum atomic E-state index is -3.82. The van der Waals surface area contributed by atoms with E-state index in [2.05, 4.69) is 0 Å². The van der Waals surface area contributed by atoms with Gasteiger partial charge in [-0.2, -0.15) is 0 Å². The average molecular weight is 404 g/mol. The van der Waals surface area contributed by atoms with Gasteiger partial charge in [-0.25, -0.2) is 16.8 Å². The number of halogens is 1. The molecule has 0 saturated heterocycles. The lowest BCUT2D eigenvalue weighted by atomic mass is 10.1. The van der Waals surface area contributed by atoms with Crippen LogP contribution in [0.1, 0.15) is 10.8 Å². The number of hydrogen-bond donors (Lipinski definition) is 1. The highest BCUT2D eigenvalue weighted by atomic mass is 35.5. The second-order valence-corrected chi connectivity index (χ2v) is 9.60. The van der Waals surface area contributed by atoms with Gasteiger partial charge in [0.25, 0.3) is 0 Å². The monoisotopic (exact) mass is 403 g/mol. The van der Waals surface area contributed by atoms with Crippen LogP contribution < -0.4 is 10.5 Å². The first-order valence-electron chi connectivity index (χ1n) is 7.35. The second kappa shape index (κ2) is 7.33. The third kappa shape index (κ3) is 3.67. The fourth-order valence-corrected chi connectivity index (χ4v) is 7.05. The molecule has 1 unspecified atom stereocenters. The minimum Gasteiger partial charge on any atom is -0.492 e. The van der Waals surface area contributed by atoms with Gasteiger partial charge in [-0.3, -0.25) is 0 Å². The van der Waals surface area contributed by atoms with Gasteiger partial charge in [-0.1, -0.05) is 18.2 Å². The Morgan fingerprint density at radius 3 is 2.44 bits per heavy atom. The molecule has 0 spiro atoms. The lowest BCUT2D eigenvalue weighted by molar-refractivity contribution is 0.328. The maximum absolute atomic E-state index is 12.9. The molecular weight excluding hydrogens is 386 g/mol. The topological polar surface area (TPSA) is 104 Å². The van der Waals surface area contributed by atoms with Crippen LogP contribution in [0.15, 0.2) is 58.3 Å². The minimum absolute atomic E-state index is 0. The SMILES string of the molecule is Cl.NCCOc1ccc2c(c1)C(S(=O)(=O)c1ccccc1)CS2(=O)=O. The highest BCUT2D eigenvalue weighted by Gasteiger charge is 2.43. The fraction of sp³-hybridized carbons (Fsp3) is 0.250. The summed E-state index contributed by atoms with van der Waals surface area (Å²) in [5, 5.41) is -1.14. The fourth-order valence-electron chi connectivity index (χ4n) is 2.74. The van der Waals surface area contributed by atoms with Crippen LogP contribution in [0.5, 0.6) is 5.75 Å². The van der Waals surface area contributed by atoms with E-state index in [4.69, 9.17) is 10.5 Å². The van der Waals surface area contributed by atoms with Gasteiger partial charge in [-0.15, -0.1) is 12.4 Å². The Balaban J connectivity index is 0.00000225. The molecule has 9 heteroatoms. The molecule has 2 aromatic rings. The van der Waals surface area contributed by atoms with Gasteiger partial charge in [0.15, 0.2) is 19.7 Å². The van der Waals surface area contributed by atoms with Gasteiger partial charge < -0.3 is 10.5 Å². The first-order valence-corrected chi connectivity index (χ1v) is 10.5. The normalized spacial score (nSPS) is 18.2. The second-order valence-electron chi connectivity index (χ2n) is 5.46. The van der Waals surface area contributed by atoms with E-state index < -0.39 is 30.7 Å². The van der Waals surface area contributed by atoms with Crippen LogP contribution in [0.3, 0.4) is 0 Å². The summed E-state index contributed by atoms with van der Waals surface area (Å²) in [5.74, 6) is -0.0514. The third-order valence-corrected chi connectivity index (χ3v) is 7.99. The summed E-state index contributed by atoms with van der Waals surface area (Å²) in [6, 6.07) is 12.3. The molecule has 0 bridgehead atoms. The van der Waals surface area contributed by atoms with Crippen molar-refractivity contribution >= 4 is 32.1 Å². The molecule has 0 fully saturated rings. The summed E-state index contributed by atoms with van der Waals surface area (Å²) >= 11 is 0. The van der Waals surface area contributed by atoms with Gasteiger partial charge in [0.05, 0.1) is 15.5 Å². The molecule has 0 amide bonds. The predicted molar refractivity (Wildman–Crippen MR) is 96.7 cm³/mol. The summed E-state index contributed by atoms with van der Waals surface area (Å²) in [6.07, 6.45) is 0. The van der Waals surface area contributed by atoms with Crippen LogP contribution in [0, 0.1) is 0 Å². The number of fused-ring (bicyclic) bond motifs is 1. The Kier molecular flexibility index (Phi) is 5.78. The maximum Gasteiger partial charge on any atom is 0.186 e. The number of ether oxygens (including phenoxy) is 1. The van der Waals surface area contributed by atoms with Gasteiger partial charge in [-0.05, 0) is 35.9 Å². The molecule has 2 N–H and O–H groups in total. The average Bonchev–Trinajstić information content (AvgIpc) is 2.85. The van der Waals surface area contributed by atoms with E-state index in [1.807, 2.05) is 0 Å². The molecule has 2 aromatic carbocycles. The zero-order valence-electron chi connectivity index (χ0n) is 13.2. The Hall–Kier alpha value is -1.61. The van der Waals surface area contributed by atoms with E-state index in [9.17, 15) is 16.8 Å². The van der Waals surface area contributed by atoms with Crippen molar-refractivity contribution in [1.29, 1.82) is 0 Å². The standard InChI is InChI=1S/C16H17NO5S2.ClH/c17-8-9-22-12-6-7-15-14(10-12)16(11-23(15,18)19)24(20,21)13-4-2-1-3-5-13;/h1-7,10,16H,8-9,11,17H2;1H. The molecule has 6 nitrogen and oxygen atoms in total. The van der Waals surface area contributed by atoms with Crippen molar-refractivity contribution in [2.75, 3.05) is 18.9 Å². The lowest BCUT2D eigenvalue weighted by Gasteiger charge is -2.13. The van der Waals surface area contributed by atoms with Crippen molar-refractivity contribution < 1.29 is 21.6 Å². The van der Waals surface area contributed by atoms with Crippen molar-refractivity contribution in [3.63, 3.8) is 0 Å². The molecule has 1 heterocycles. The molecule has 3 rings (SSSR count). The lowest BCUT2D eigenvalue weighted by Crippen LogP contribution is -2.16. The third-order valence-electron chi connectivity index (χ3n) is 3.87. The molecule has 1 aliphatic rings. The smallest absolute Gasteiger partial charge is 0.186 e. The Bertz CT molecular complexity index is 959. The van der Waals surface area contributed by atoms with Crippen LogP contribution in [0.4, 0.5) is 0 Å². The van der Waals surface area contributed by atoms with E-state index in [1.165, 1.54) is 30.3 Å². The van der Waals surface area contributed by atoms with Crippen molar-refractivity contribution in [2.45, 2.75) is 15.0 Å². The Morgan fingerprint density at radius 2 is 1.80 bits per heavy atom. The van der Waals surface area contributed by atoms with Crippen LogP contribution in [-0.2, 0) is 19.7 Å². The zero-order chi connectivity index (χ0) is 17.4. The van der Waals surface area contributed by atoms with Gasteiger partial charge in [0.1, 0.15) is 17.6 Å². The van der Waals surface area contributed by atoms with Crippen molar-refractivity contribution in [1.82, 2.24) is 0 Å². The molecule has 1 atom stereocenters. The highest BCUT2D eigenvalue weighted by molar-refractivity contribution is 7.96. The first kappa shape index (κ1) is 19.7. The van der Waals surface area contributed by atoms with E-state index in [1.54, 1.807) is 18.2 Å². The molecule has 136 valence electrons. The molecule has 0 aromatic heterocycles. The summed E-state index contributed by atoms with van der Waals surface area (Å²) in [7, 11) is -7.46. The van der Waals surface area contributed by atoms with E-state index >= 15 is 0 Å². The summed E-state index contributed by atoms with van der Waals surface area (Å²) in [4.78, 5) is 0.151. The largest absolute Gasteiger partial charge is 0.492 e. The number of sulfone groups is 2. The Labute approximate surface area is 153 Å². The summed E-state index contributed by atoms with van der Waals surface area (Å²) < 4.78 is 55.9. The van der Waals surface area contributed by atoms with Crippen LogP contribution >= 0.6 is 12.4 Å². The summed E-state index contributed by atoms with van der Waals surface area (Å²) in [6.45, 7) is 0.572. The molecule has 0 saturated carbocycles. The predicted octanol–water partition coefficient (Wildman–Crippen LogP) is 1.75. The number of nitrogens with two attached hydrogens (primary N) is 1. The summed E-state index contributed by atoms with van der Waals surface area (Å²) in [5.41, 5.74) is 5.65. The van der Waals surface area contributed by atoms with Gasteiger partial charge in [0, 0.05) is 6.54 Å². The van der Waals surface area contributed by atoms with Gasteiger partial charge >= 0.3 is 0 Å². The highest BCUT2D eigenvalue weighted by Crippen LogP contribution is 2.42. The Morgan fingerprint density at radius 1 is 1.12 bits per heavy atom. The van der Waals surface area contributed by atoms with Crippen molar-refractivity contribution in [3.05, 3.63) is 54.1 Å². The number of benzene rings is 2. The van der Waals surface area contributed by atoms with Crippen molar-refractivity contribution in [3.8, 4) is 5.75 Å². The molecular formula is C16H18ClNO5S2. The van der Waals surface area contributed by atoms with Crippen LogP contribution in [0.25, 0.3) is 0 Å². The van der Waals surface area contributed by atoms with E-state index in [-0.39, 0.29) is 34.4 Å². The van der Waals surface area contributed by atoms with Crippen LogP contribution in [-0.4, -0.2) is 35.7 Å². The van der Waals surface area contributed by atoms with E-state index in [0.29, 0.717) is 12.3 Å². The van der Waals surface area contributed by atoms with E-state index in [0.717, 1.165) is 0 Å². The van der Waals surface area contributed by atoms with Gasteiger partial charge in [0.2, 0.25) is 0 Å². The molecule has 0 aliphatic carbocycles. The molecule has 25 heavy (non-hydrogen) atoms. The number of hydrogen-bond acceptors (Lipinski definition) is 6. The maximum atomic E-state index is 12.9. The molecule has 1 aliphatic heterocycles. The zero-order valence-corrected chi connectivity index (χ0v) is 15.6. The quantitative estimate of drug-likeness (QED) is 0.815. The van der Waals surface area contributed by atoms with Crippen LogP contribution in [0.2, 0.25) is 0 Å².